The smallest absolute Gasteiger partial charge is 0.222 e. The highest BCUT2D eigenvalue weighted by molar-refractivity contribution is 5.83. The molecule has 0 aromatic rings. The molecule has 0 spiro atoms. The van der Waals surface area contributed by atoms with Gasteiger partial charge in [-0.1, -0.05) is 23.8 Å². The molecule has 0 aromatic heterocycles. The average molecular weight is 167 g/mol. The Bertz CT molecular complexity index is 223. The topological polar surface area (TPSA) is 49.3 Å². The molecule has 1 atom stereocenters. The van der Waals surface area contributed by atoms with Crippen molar-refractivity contribution in [1.82, 2.24) is 5.32 Å². The van der Waals surface area contributed by atoms with Gasteiger partial charge in [-0.2, -0.15) is 0 Å². The third-order valence-electron chi connectivity index (χ3n) is 1.70. The highest BCUT2D eigenvalue weighted by atomic mass is 16.2. The van der Waals surface area contributed by atoms with Gasteiger partial charge in [0, 0.05) is 0 Å². The molecule has 0 aliphatic carbocycles. The standard InChI is InChI=1S/C9H13NO2/c1-7(3-2-4-11)5-8-6-9(12)10-8/h2-3,5,8,11H,4,6H2,1H3,(H,10,12)/b3-2+,7-5+/t8-/m1/s1. The van der Waals surface area contributed by atoms with Gasteiger partial charge in [-0.05, 0) is 6.92 Å². The number of allylic oxidation sites excluding steroid dienone is 2. The molecule has 0 aromatic carbocycles. The van der Waals surface area contributed by atoms with Gasteiger partial charge >= 0.3 is 0 Å². The molecule has 1 saturated heterocycles. The molecule has 1 amide bonds. The van der Waals surface area contributed by atoms with E-state index in [0.717, 1.165) is 5.57 Å². The SMILES string of the molecule is CC(/C=C/CO)=C\[C@@H]1CC(=O)N1. The lowest BCUT2D eigenvalue weighted by Gasteiger charge is -2.23. The van der Waals surface area contributed by atoms with Gasteiger partial charge in [0.1, 0.15) is 0 Å². The molecule has 66 valence electrons. The second-order valence-electron chi connectivity index (χ2n) is 2.87. The molecular weight excluding hydrogens is 154 g/mol. The number of carbonyl (C=O) groups is 1. The van der Waals surface area contributed by atoms with Crippen LogP contribution in [0.2, 0.25) is 0 Å². The molecule has 0 unspecified atom stereocenters. The van der Waals surface area contributed by atoms with E-state index < -0.39 is 0 Å². The summed E-state index contributed by atoms with van der Waals surface area (Å²) in [6, 6.07) is 0.195. The number of amides is 1. The van der Waals surface area contributed by atoms with Crippen LogP contribution in [0.1, 0.15) is 13.3 Å². The zero-order valence-corrected chi connectivity index (χ0v) is 7.08. The number of carbonyl (C=O) groups excluding carboxylic acids is 1. The molecule has 1 fully saturated rings. The van der Waals surface area contributed by atoms with E-state index in [1.165, 1.54) is 0 Å². The van der Waals surface area contributed by atoms with Gasteiger partial charge in [0.05, 0.1) is 19.1 Å². The third-order valence-corrected chi connectivity index (χ3v) is 1.70. The summed E-state index contributed by atoms with van der Waals surface area (Å²) >= 11 is 0. The van der Waals surface area contributed by atoms with Crippen molar-refractivity contribution in [2.45, 2.75) is 19.4 Å². The maximum absolute atomic E-state index is 10.5. The molecule has 1 rings (SSSR count). The van der Waals surface area contributed by atoms with Gasteiger partial charge < -0.3 is 10.4 Å². The summed E-state index contributed by atoms with van der Waals surface area (Å²) in [5.74, 6) is 0.107. The summed E-state index contributed by atoms with van der Waals surface area (Å²) in [4.78, 5) is 10.5. The van der Waals surface area contributed by atoms with E-state index in [0.29, 0.717) is 6.42 Å². The summed E-state index contributed by atoms with van der Waals surface area (Å²) in [6.45, 7) is 2.00. The van der Waals surface area contributed by atoms with E-state index >= 15 is 0 Å². The van der Waals surface area contributed by atoms with Crippen molar-refractivity contribution in [2.24, 2.45) is 0 Å². The Morgan fingerprint density at radius 2 is 2.50 bits per heavy atom. The first-order valence-corrected chi connectivity index (χ1v) is 3.97. The van der Waals surface area contributed by atoms with Crippen molar-refractivity contribution in [3.8, 4) is 0 Å². The van der Waals surface area contributed by atoms with Gasteiger partial charge in [-0.3, -0.25) is 4.79 Å². The zero-order valence-electron chi connectivity index (χ0n) is 7.08. The van der Waals surface area contributed by atoms with Crippen molar-refractivity contribution in [3.05, 3.63) is 23.8 Å². The molecule has 3 nitrogen and oxygen atoms in total. The van der Waals surface area contributed by atoms with Crippen LogP contribution in [-0.4, -0.2) is 23.7 Å². The minimum Gasteiger partial charge on any atom is -0.392 e. The van der Waals surface area contributed by atoms with Crippen LogP contribution in [0.5, 0.6) is 0 Å². The fraction of sp³-hybridized carbons (Fsp3) is 0.444. The lowest BCUT2D eigenvalue weighted by molar-refractivity contribution is -0.127. The van der Waals surface area contributed by atoms with E-state index in [4.69, 9.17) is 5.11 Å². The fourth-order valence-electron chi connectivity index (χ4n) is 1.10. The highest BCUT2D eigenvalue weighted by Gasteiger charge is 2.22. The predicted molar refractivity (Wildman–Crippen MR) is 46.5 cm³/mol. The number of nitrogens with one attached hydrogen (secondary N) is 1. The Morgan fingerprint density at radius 1 is 1.83 bits per heavy atom. The van der Waals surface area contributed by atoms with Gasteiger partial charge in [-0.25, -0.2) is 0 Å². The molecule has 1 aliphatic heterocycles. The average Bonchev–Trinajstić information content (AvgIpc) is 1.98. The molecule has 0 radical (unpaired) electrons. The number of hydrogen-bond donors (Lipinski definition) is 2. The Hall–Kier alpha value is -1.09. The Morgan fingerprint density at radius 3 is 3.00 bits per heavy atom. The van der Waals surface area contributed by atoms with Crippen molar-refractivity contribution in [2.75, 3.05) is 6.61 Å². The van der Waals surface area contributed by atoms with Crippen LogP contribution in [0.25, 0.3) is 0 Å². The van der Waals surface area contributed by atoms with Crippen LogP contribution >= 0.6 is 0 Å². The largest absolute Gasteiger partial charge is 0.392 e. The second-order valence-corrected chi connectivity index (χ2v) is 2.87. The van der Waals surface area contributed by atoms with Crippen molar-refractivity contribution >= 4 is 5.91 Å². The van der Waals surface area contributed by atoms with Crippen LogP contribution in [0, 0.1) is 0 Å². The Kier molecular flexibility index (Phi) is 3.05. The van der Waals surface area contributed by atoms with Crippen LogP contribution in [0.3, 0.4) is 0 Å². The first kappa shape index (κ1) is 9.00. The number of rotatable bonds is 3. The molecule has 1 aliphatic rings. The molecule has 1 heterocycles. The van der Waals surface area contributed by atoms with E-state index in [2.05, 4.69) is 5.32 Å². The minimum absolute atomic E-state index is 0.0577. The lowest BCUT2D eigenvalue weighted by Crippen LogP contribution is -2.47. The zero-order chi connectivity index (χ0) is 8.97. The van der Waals surface area contributed by atoms with E-state index in [1.807, 2.05) is 19.1 Å². The fourth-order valence-corrected chi connectivity index (χ4v) is 1.10. The molecule has 12 heavy (non-hydrogen) atoms. The van der Waals surface area contributed by atoms with Gasteiger partial charge in [-0.15, -0.1) is 0 Å². The lowest BCUT2D eigenvalue weighted by atomic mass is 10.0. The predicted octanol–water partition coefficient (Wildman–Crippen LogP) is 0.370. The van der Waals surface area contributed by atoms with Crippen molar-refractivity contribution in [1.29, 1.82) is 0 Å². The summed E-state index contributed by atoms with van der Waals surface area (Å²) in [5, 5.41) is 11.2. The summed E-state index contributed by atoms with van der Waals surface area (Å²) in [5.41, 5.74) is 1.06. The summed E-state index contributed by atoms with van der Waals surface area (Å²) in [6.07, 6.45) is 6.08. The molecule has 0 saturated carbocycles. The van der Waals surface area contributed by atoms with Crippen molar-refractivity contribution < 1.29 is 9.90 Å². The van der Waals surface area contributed by atoms with Crippen molar-refractivity contribution in [3.63, 3.8) is 0 Å². The quantitative estimate of drug-likeness (QED) is 0.471. The Balaban J connectivity index is 2.35. The van der Waals surface area contributed by atoms with E-state index in [-0.39, 0.29) is 18.6 Å². The monoisotopic (exact) mass is 167 g/mol. The van der Waals surface area contributed by atoms with Gasteiger partial charge in [0.15, 0.2) is 0 Å². The first-order chi connectivity index (χ1) is 5.72. The van der Waals surface area contributed by atoms with Crippen LogP contribution in [0.15, 0.2) is 23.8 Å². The molecule has 3 heteroatoms. The number of aliphatic hydroxyl groups is 1. The molecule has 2 N–H and O–H groups in total. The van der Waals surface area contributed by atoms with Crippen LogP contribution in [0.4, 0.5) is 0 Å². The van der Waals surface area contributed by atoms with E-state index in [9.17, 15) is 4.79 Å². The second kappa shape index (κ2) is 4.07. The maximum Gasteiger partial charge on any atom is 0.222 e. The number of β-lactam (4-membered cyclic amide) rings is 1. The van der Waals surface area contributed by atoms with E-state index in [1.54, 1.807) is 6.08 Å². The number of aliphatic hydroxyl groups excluding tert-OH is 1. The van der Waals surface area contributed by atoms with Gasteiger partial charge in [0.25, 0.3) is 0 Å². The summed E-state index contributed by atoms with van der Waals surface area (Å²) in [7, 11) is 0. The minimum atomic E-state index is 0.0577. The highest BCUT2D eigenvalue weighted by Crippen LogP contribution is 2.08. The molecular formula is C9H13NO2. The van der Waals surface area contributed by atoms with Gasteiger partial charge in [0.2, 0.25) is 5.91 Å². The maximum atomic E-state index is 10.5. The number of hydrogen-bond acceptors (Lipinski definition) is 2. The normalized spacial score (nSPS) is 24.0. The Labute approximate surface area is 71.8 Å². The molecule has 0 bridgehead atoms. The van der Waals surface area contributed by atoms with Crippen LogP contribution < -0.4 is 5.32 Å². The summed E-state index contributed by atoms with van der Waals surface area (Å²) < 4.78 is 0. The third kappa shape index (κ3) is 2.51. The van der Waals surface area contributed by atoms with Crippen LogP contribution in [-0.2, 0) is 4.79 Å². The first-order valence-electron chi connectivity index (χ1n) is 3.97.